The van der Waals surface area contributed by atoms with Gasteiger partial charge < -0.3 is 16.0 Å². The number of hydrogen-bond donors (Lipinski definition) is 2. The van der Waals surface area contributed by atoms with Gasteiger partial charge in [0.2, 0.25) is 0 Å². The zero-order valence-electron chi connectivity index (χ0n) is 16.2. The van der Waals surface area contributed by atoms with E-state index >= 15 is 0 Å². The highest BCUT2D eigenvalue weighted by Gasteiger charge is 2.27. The predicted molar refractivity (Wildman–Crippen MR) is 115 cm³/mol. The van der Waals surface area contributed by atoms with Gasteiger partial charge in [0.15, 0.2) is 0 Å². The lowest BCUT2D eigenvalue weighted by molar-refractivity contribution is 0.0624. The molecule has 3 rings (SSSR count). The van der Waals surface area contributed by atoms with Crippen molar-refractivity contribution in [3.8, 4) is 0 Å². The number of benzene rings is 1. The first-order chi connectivity index (χ1) is 13.0. The van der Waals surface area contributed by atoms with Crippen molar-refractivity contribution in [2.45, 2.75) is 26.7 Å². The van der Waals surface area contributed by atoms with Crippen molar-refractivity contribution in [1.29, 1.82) is 0 Å². The Balaban J connectivity index is 0.00000280. The van der Waals surface area contributed by atoms with E-state index in [0.29, 0.717) is 41.7 Å². The van der Waals surface area contributed by atoms with Crippen LogP contribution in [0.15, 0.2) is 29.6 Å². The number of piperidine rings is 1. The number of rotatable bonds is 5. The molecular formula is C20H27ClN4O2S. The van der Waals surface area contributed by atoms with Gasteiger partial charge in [0, 0.05) is 24.9 Å². The summed E-state index contributed by atoms with van der Waals surface area (Å²) in [6.07, 6.45) is 1.79. The Morgan fingerprint density at radius 1 is 1.25 bits per heavy atom. The van der Waals surface area contributed by atoms with E-state index in [0.717, 1.165) is 24.5 Å². The lowest BCUT2D eigenvalue weighted by atomic mass is 9.91. The summed E-state index contributed by atoms with van der Waals surface area (Å²) >= 11 is 1.42. The van der Waals surface area contributed by atoms with Crippen molar-refractivity contribution in [1.82, 2.24) is 9.88 Å². The molecule has 0 saturated carbocycles. The van der Waals surface area contributed by atoms with Crippen molar-refractivity contribution in [2.24, 2.45) is 17.6 Å². The second-order valence-electron chi connectivity index (χ2n) is 7.32. The Morgan fingerprint density at radius 2 is 1.93 bits per heavy atom. The van der Waals surface area contributed by atoms with Gasteiger partial charge in [0.25, 0.3) is 11.8 Å². The molecular weight excluding hydrogens is 396 g/mol. The van der Waals surface area contributed by atoms with Crippen molar-refractivity contribution < 1.29 is 9.59 Å². The maximum atomic E-state index is 13.1. The second-order valence-corrected chi connectivity index (χ2v) is 8.26. The number of carbonyl (C=O) groups is 2. The summed E-state index contributed by atoms with van der Waals surface area (Å²) in [4.78, 5) is 31.8. The van der Waals surface area contributed by atoms with Crippen molar-refractivity contribution in [2.75, 3.05) is 25.0 Å². The number of thiazole rings is 1. The Hall–Kier alpha value is -1.96. The summed E-state index contributed by atoms with van der Waals surface area (Å²) in [5.41, 5.74) is 6.93. The van der Waals surface area contributed by atoms with Crippen LogP contribution in [0.25, 0.3) is 0 Å². The van der Waals surface area contributed by atoms with Gasteiger partial charge in [-0.15, -0.1) is 23.7 Å². The van der Waals surface area contributed by atoms with Gasteiger partial charge >= 0.3 is 0 Å². The largest absolute Gasteiger partial charge is 0.338 e. The Morgan fingerprint density at radius 3 is 2.61 bits per heavy atom. The van der Waals surface area contributed by atoms with Crippen LogP contribution >= 0.6 is 23.7 Å². The predicted octanol–water partition coefficient (Wildman–Crippen LogP) is 3.44. The molecule has 1 aliphatic heterocycles. The number of amides is 2. The molecule has 1 aromatic heterocycles. The topological polar surface area (TPSA) is 88.3 Å². The number of halogens is 1. The van der Waals surface area contributed by atoms with Crippen LogP contribution in [0, 0.1) is 11.8 Å². The number of nitrogens with two attached hydrogens (primary N) is 1. The van der Waals surface area contributed by atoms with E-state index in [2.05, 4.69) is 24.1 Å². The van der Waals surface area contributed by atoms with Crippen LogP contribution in [0.4, 0.5) is 5.69 Å². The Kier molecular flexibility index (Phi) is 7.98. The molecule has 1 fully saturated rings. The van der Waals surface area contributed by atoms with Crippen molar-refractivity contribution >= 4 is 41.2 Å². The lowest BCUT2D eigenvalue weighted by Crippen LogP contribution is -2.42. The minimum absolute atomic E-state index is 0. The molecule has 2 amide bonds. The Bertz CT molecular complexity index is 816. The molecule has 28 heavy (non-hydrogen) atoms. The van der Waals surface area contributed by atoms with Gasteiger partial charge in [-0.25, -0.2) is 4.98 Å². The third-order valence-corrected chi connectivity index (χ3v) is 5.61. The standard InChI is InChI=1S/C20H26N4O2S.ClH/c1-13-9-14(2)11-24(10-13)20(26)15-5-3-4-6-16(15)23-19(25)17-12-27-18(22-17)7-8-21;/h3-6,12-14H,7-11,21H2,1-2H3,(H,23,25);1H. The van der Waals surface area contributed by atoms with Crippen LogP contribution in [0.2, 0.25) is 0 Å². The molecule has 0 aliphatic carbocycles. The molecule has 2 atom stereocenters. The quantitative estimate of drug-likeness (QED) is 0.772. The molecule has 1 aliphatic rings. The maximum absolute atomic E-state index is 13.1. The molecule has 1 aromatic carbocycles. The SMILES string of the molecule is CC1CC(C)CN(C(=O)c2ccccc2NC(=O)c2csc(CCN)n2)C1.Cl. The van der Waals surface area contributed by atoms with Crippen LogP contribution in [0.5, 0.6) is 0 Å². The molecule has 2 heterocycles. The summed E-state index contributed by atoms with van der Waals surface area (Å²) < 4.78 is 0. The minimum atomic E-state index is -0.310. The van der Waals surface area contributed by atoms with Crippen LogP contribution in [0.3, 0.4) is 0 Å². The third-order valence-electron chi connectivity index (χ3n) is 4.70. The monoisotopic (exact) mass is 422 g/mol. The summed E-state index contributed by atoms with van der Waals surface area (Å²) in [6, 6.07) is 7.16. The van der Waals surface area contributed by atoms with Gasteiger partial charge in [-0.1, -0.05) is 26.0 Å². The first kappa shape index (κ1) is 22.3. The number of hydrogen-bond acceptors (Lipinski definition) is 5. The number of anilines is 1. The Labute approximate surface area is 175 Å². The summed E-state index contributed by atoms with van der Waals surface area (Å²) in [7, 11) is 0. The smallest absolute Gasteiger partial charge is 0.275 e. The van der Waals surface area contributed by atoms with Gasteiger partial charge in [-0.2, -0.15) is 0 Å². The molecule has 0 spiro atoms. The van der Waals surface area contributed by atoms with E-state index < -0.39 is 0 Å². The fourth-order valence-corrected chi connectivity index (χ4v) is 4.41. The molecule has 0 radical (unpaired) electrons. The molecule has 0 bridgehead atoms. The average molecular weight is 423 g/mol. The van der Waals surface area contributed by atoms with Gasteiger partial charge in [0.1, 0.15) is 5.69 Å². The van der Waals surface area contributed by atoms with Crippen molar-refractivity contribution in [3.05, 3.63) is 45.9 Å². The highest BCUT2D eigenvalue weighted by molar-refractivity contribution is 7.09. The molecule has 3 N–H and O–H groups in total. The normalized spacial score (nSPS) is 19.0. The van der Waals surface area contributed by atoms with Crippen LogP contribution < -0.4 is 11.1 Å². The van der Waals surface area contributed by atoms with E-state index in [9.17, 15) is 9.59 Å². The van der Waals surface area contributed by atoms with Gasteiger partial charge in [0.05, 0.1) is 16.3 Å². The third kappa shape index (κ3) is 5.31. The van der Waals surface area contributed by atoms with Gasteiger partial charge in [-0.3, -0.25) is 9.59 Å². The first-order valence-corrected chi connectivity index (χ1v) is 10.2. The maximum Gasteiger partial charge on any atom is 0.275 e. The van der Waals surface area contributed by atoms with E-state index in [-0.39, 0.29) is 24.2 Å². The molecule has 2 aromatic rings. The number of nitrogens with one attached hydrogen (secondary N) is 1. The van der Waals surface area contributed by atoms with E-state index in [4.69, 9.17) is 5.73 Å². The number of para-hydroxylation sites is 1. The molecule has 2 unspecified atom stereocenters. The first-order valence-electron chi connectivity index (χ1n) is 9.32. The summed E-state index contributed by atoms with van der Waals surface area (Å²) in [5.74, 6) is 0.618. The van der Waals surface area contributed by atoms with E-state index in [1.54, 1.807) is 17.5 Å². The van der Waals surface area contributed by atoms with Crippen molar-refractivity contribution in [3.63, 3.8) is 0 Å². The zero-order valence-corrected chi connectivity index (χ0v) is 17.8. The number of likely N-dealkylation sites (tertiary alicyclic amines) is 1. The second kappa shape index (κ2) is 10.0. The fraction of sp³-hybridized carbons (Fsp3) is 0.450. The summed E-state index contributed by atoms with van der Waals surface area (Å²) in [5, 5.41) is 5.41. The van der Waals surface area contributed by atoms with E-state index in [1.165, 1.54) is 11.3 Å². The van der Waals surface area contributed by atoms with E-state index in [1.807, 2.05) is 17.0 Å². The average Bonchev–Trinajstić information content (AvgIpc) is 3.10. The molecule has 1 saturated heterocycles. The molecule has 6 nitrogen and oxygen atoms in total. The van der Waals surface area contributed by atoms with Gasteiger partial charge in [-0.05, 0) is 36.9 Å². The van der Waals surface area contributed by atoms with Crippen LogP contribution in [0.1, 0.15) is 46.1 Å². The van der Waals surface area contributed by atoms with Crippen LogP contribution in [-0.4, -0.2) is 41.3 Å². The molecule has 152 valence electrons. The van der Waals surface area contributed by atoms with Crippen LogP contribution in [-0.2, 0) is 6.42 Å². The number of carbonyl (C=O) groups excluding carboxylic acids is 2. The molecule has 8 heteroatoms. The lowest BCUT2D eigenvalue weighted by Gasteiger charge is -2.35. The highest BCUT2D eigenvalue weighted by atomic mass is 35.5. The number of aromatic nitrogens is 1. The highest BCUT2D eigenvalue weighted by Crippen LogP contribution is 2.25. The summed E-state index contributed by atoms with van der Waals surface area (Å²) in [6.45, 7) is 6.34. The zero-order chi connectivity index (χ0) is 19.4. The fourth-order valence-electron chi connectivity index (χ4n) is 3.62. The minimum Gasteiger partial charge on any atom is -0.338 e. The number of nitrogens with zero attached hydrogens (tertiary/aromatic N) is 2.